The van der Waals surface area contributed by atoms with E-state index in [1.54, 1.807) is 0 Å². The molecule has 5 heteroatoms. The minimum atomic E-state index is 0.120. The summed E-state index contributed by atoms with van der Waals surface area (Å²) in [7, 11) is 0. The number of hydrogen-bond donors (Lipinski definition) is 3. The second-order valence-electron chi connectivity index (χ2n) is 4.96. The van der Waals surface area contributed by atoms with Crippen LogP contribution < -0.4 is 5.73 Å². The third kappa shape index (κ3) is 4.02. The van der Waals surface area contributed by atoms with Crippen LogP contribution in [0.2, 0.25) is 0 Å². The van der Waals surface area contributed by atoms with Crippen molar-refractivity contribution in [3.05, 3.63) is 35.4 Å². The summed E-state index contributed by atoms with van der Waals surface area (Å²) >= 11 is 0. The van der Waals surface area contributed by atoms with Crippen LogP contribution in [0, 0.1) is 5.41 Å². The number of nitrogens with one attached hydrogen (secondary N) is 1. The molecule has 0 bridgehead atoms. The second-order valence-corrected chi connectivity index (χ2v) is 4.96. The molecule has 4 N–H and O–H groups in total. The quantitative estimate of drug-likeness (QED) is 0.519. The van der Waals surface area contributed by atoms with Gasteiger partial charge in [0.25, 0.3) is 0 Å². The molecule has 2 rings (SSSR count). The Hall–Kier alpha value is -1.43. The van der Waals surface area contributed by atoms with Crippen LogP contribution in [0.3, 0.4) is 0 Å². The van der Waals surface area contributed by atoms with Crippen molar-refractivity contribution in [1.82, 2.24) is 9.80 Å². The highest BCUT2D eigenvalue weighted by Crippen LogP contribution is 2.10. The van der Waals surface area contributed by atoms with Gasteiger partial charge in [-0.15, -0.1) is 0 Å². The molecular formula is C14H22N4O. The van der Waals surface area contributed by atoms with Gasteiger partial charge >= 0.3 is 0 Å². The van der Waals surface area contributed by atoms with Crippen molar-refractivity contribution in [2.24, 2.45) is 5.73 Å². The molecule has 0 aromatic heterocycles. The van der Waals surface area contributed by atoms with E-state index in [0.717, 1.165) is 44.8 Å². The van der Waals surface area contributed by atoms with E-state index >= 15 is 0 Å². The van der Waals surface area contributed by atoms with E-state index in [1.165, 1.54) is 5.56 Å². The summed E-state index contributed by atoms with van der Waals surface area (Å²) in [5.74, 6) is 0.120. The number of rotatable bonds is 5. The molecule has 0 spiro atoms. The van der Waals surface area contributed by atoms with Gasteiger partial charge in [-0.3, -0.25) is 15.2 Å². The first kappa shape index (κ1) is 14.0. The van der Waals surface area contributed by atoms with Crippen molar-refractivity contribution in [3.8, 4) is 0 Å². The molecule has 5 nitrogen and oxygen atoms in total. The lowest BCUT2D eigenvalue weighted by molar-refractivity contribution is 0.108. The van der Waals surface area contributed by atoms with Crippen LogP contribution in [0.25, 0.3) is 0 Å². The number of hydrogen-bond acceptors (Lipinski definition) is 4. The van der Waals surface area contributed by atoms with Gasteiger partial charge in [0.15, 0.2) is 0 Å². The van der Waals surface area contributed by atoms with Gasteiger partial charge < -0.3 is 10.8 Å². The van der Waals surface area contributed by atoms with Crippen molar-refractivity contribution in [2.45, 2.75) is 6.54 Å². The Morgan fingerprint density at radius 1 is 1.21 bits per heavy atom. The molecule has 1 heterocycles. The Morgan fingerprint density at radius 2 is 1.89 bits per heavy atom. The molecule has 0 saturated carbocycles. The van der Waals surface area contributed by atoms with Crippen LogP contribution in [0.5, 0.6) is 0 Å². The lowest BCUT2D eigenvalue weighted by Gasteiger charge is -2.34. The average Bonchev–Trinajstić information content (AvgIpc) is 2.42. The number of nitrogens with zero attached hydrogens (tertiary/aromatic N) is 2. The molecule has 19 heavy (non-hydrogen) atoms. The van der Waals surface area contributed by atoms with Gasteiger partial charge in [0.2, 0.25) is 0 Å². The van der Waals surface area contributed by atoms with Crippen LogP contribution >= 0.6 is 0 Å². The van der Waals surface area contributed by atoms with Gasteiger partial charge in [0, 0.05) is 44.8 Å². The van der Waals surface area contributed by atoms with E-state index < -0.39 is 0 Å². The van der Waals surface area contributed by atoms with E-state index in [4.69, 9.17) is 16.2 Å². The third-order valence-electron chi connectivity index (χ3n) is 3.53. The van der Waals surface area contributed by atoms with Gasteiger partial charge in [-0.05, 0) is 11.6 Å². The van der Waals surface area contributed by atoms with E-state index in [-0.39, 0.29) is 12.4 Å². The second kappa shape index (κ2) is 6.65. The first-order valence-corrected chi connectivity index (χ1v) is 6.68. The standard InChI is InChI=1S/C14H22N4O/c15-14(16)13-3-1-2-12(10-13)11-18-6-4-17(5-7-18)8-9-19/h1-3,10,19H,4-9,11H2,(H3,15,16). The molecule has 0 atom stereocenters. The highest BCUT2D eigenvalue weighted by atomic mass is 16.3. The van der Waals surface area contributed by atoms with Crippen LogP contribution in [-0.4, -0.2) is 60.1 Å². The summed E-state index contributed by atoms with van der Waals surface area (Å²) < 4.78 is 0. The zero-order valence-electron chi connectivity index (χ0n) is 11.2. The molecule has 0 aliphatic carbocycles. The highest BCUT2D eigenvalue weighted by molar-refractivity contribution is 5.95. The minimum Gasteiger partial charge on any atom is -0.395 e. The molecule has 1 aromatic rings. The smallest absolute Gasteiger partial charge is 0.122 e. The molecule has 0 radical (unpaired) electrons. The van der Waals surface area contributed by atoms with Crippen molar-refractivity contribution in [2.75, 3.05) is 39.3 Å². The number of nitrogen functional groups attached to an aromatic ring is 1. The fourth-order valence-electron chi connectivity index (χ4n) is 2.41. The molecule has 0 unspecified atom stereocenters. The molecule has 104 valence electrons. The number of piperazine rings is 1. The molecular weight excluding hydrogens is 240 g/mol. The summed E-state index contributed by atoms with van der Waals surface area (Å²) in [5.41, 5.74) is 7.49. The highest BCUT2D eigenvalue weighted by Gasteiger charge is 2.16. The van der Waals surface area contributed by atoms with Crippen molar-refractivity contribution >= 4 is 5.84 Å². The van der Waals surface area contributed by atoms with Crippen molar-refractivity contribution < 1.29 is 5.11 Å². The van der Waals surface area contributed by atoms with Crippen molar-refractivity contribution in [1.29, 1.82) is 5.41 Å². The largest absolute Gasteiger partial charge is 0.395 e. The number of β-amino-alcohol motifs (C(OH)–C–C–N with tert-alkyl or cyclic N) is 1. The Balaban J connectivity index is 1.88. The average molecular weight is 262 g/mol. The summed E-state index contributed by atoms with van der Waals surface area (Å²) in [4.78, 5) is 4.68. The number of benzene rings is 1. The lowest BCUT2D eigenvalue weighted by atomic mass is 10.1. The third-order valence-corrected chi connectivity index (χ3v) is 3.53. The van der Waals surface area contributed by atoms with E-state index in [0.29, 0.717) is 0 Å². The zero-order chi connectivity index (χ0) is 13.7. The van der Waals surface area contributed by atoms with Gasteiger partial charge in [0.1, 0.15) is 5.84 Å². The Morgan fingerprint density at radius 3 is 2.53 bits per heavy atom. The topological polar surface area (TPSA) is 76.6 Å². The summed E-state index contributed by atoms with van der Waals surface area (Å²) in [5, 5.41) is 16.4. The SMILES string of the molecule is N=C(N)c1cccc(CN2CCN(CCO)CC2)c1. The van der Waals surface area contributed by atoms with Gasteiger partial charge in [-0.2, -0.15) is 0 Å². The molecule has 1 aliphatic rings. The summed E-state index contributed by atoms with van der Waals surface area (Å²) in [6.07, 6.45) is 0. The van der Waals surface area contributed by atoms with Gasteiger partial charge in [-0.25, -0.2) is 0 Å². The fourth-order valence-corrected chi connectivity index (χ4v) is 2.41. The summed E-state index contributed by atoms with van der Waals surface area (Å²) in [6.45, 7) is 5.96. The number of aliphatic hydroxyl groups excluding tert-OH is 1. The predicted octanol–water partition coefficient (Wildman–Crippen LogP) is 0.0806. The molecule has 0 amide bonds. The Kier molecular flexibility index (Phi) is 4.90. The molecule has 1 aromatic carbocycles. The normalized spacial score (nSPS) is 17.5. The number of nitrogens with two attached hydrogens (primary N) is 1. The molecule has 1 saturated heterocycles. The molecule has 1 fully saturated rings. The lowest BCUT2D eigenvalue weighted by Crippen LogP contribution is -2.46. The summed E-state index contributed by atoms with van der Waals surface area (Å²) in [6, 6.07) is 7.88. The van der Waals surface area contributed by atoms with E-state index in [2.05, 4.69) is 15.9 Å². The maximum Gasteiger partial charge on any atom is 0.122 e. The Labute approximate surface area is 114 Å². The fraction of sp³-hybridized carbons (Fsp3) is 0.500. The van der Waals surface area contributed by atoms with Crippen LogP contribution in [-0.2, 0) is 6.54 Å². The van der Waals surface area contributed by atoms with E-state index in [1.807, 2.05) is 18.2 Å². The van der Waals surface area contributed by atoms with Crippen LogP contribution in [0.1, 0.15) is 11.1 Å². The number of amidine groups is 1. The van der Waals surface area contributed by atoms with Gasteiger partial charge in [-0.1, -0.05) is 18.2 Å². The molecule has 1 aliphatic heterocycles. The van der Waals surface area contributed by atoms with Crippen molar-refractivity contribution in [3.63, 3.8) is 0 Å². The monoisotopic (exact) mass is 262 g/mol. The Bertz CT molecular complexity index is 427. The first-order valence-electron chi connectivity index (χ1n) is 6.68. The first-order chi connectivity index (χ1) is 9.19. The maximum atomic E-state index is 8.91. The minimum absolute atomic E-state index is 0.120. The van der Waals surface area contributed by atoms with E-state index in [9.17, 15) is 0 Å². The maximum absolute atomic E-state index is 8.91. The zero-order valence-corrected chi connectivity index (χ0v) is 11.2. The number of aliphatic hydroxyl groups is 1. The van der Waals surface area contributed by atoms with Crippen LogP contribution in [0.4, 0.5) is 0 Å². The predicted molar refractivity (Wildman–Crippen MR) is 76.3 cm³/mol. The van der Waals surface area contributed by atoms with Crippen LogP contribution in [0.15, 0.2) is 24.3 Å². The van der Waals surface area contributed by atoms with Gasteiger partial charge in [0.05, 0.1) is 6.61 Å².